The quantitative estimate of drug-likeness (QED) is 0.509. The lowest BCUT2D eigenvalue weighted by molar-refractivity contribution is -0.136. The van der Waals surface area contributed by atoms with Gasteiger partial charge in [0, 0.05) is 5.56 Å². The maximum Gasteiger partial charge on any atom is 0.355 e. The fourth-order valence-corrected chi connectivity index (χ4v) is 3.34. The van der Waals surface area contributed by atoms with E-state index in [2.05, 4.69) is 20.8 Å². The summed E-state index contributed by atoms with van der Waals surface area (Å²) in [5.74, 6) is -0.118. The molecule has 1 aliphatic rings. The Hall–Kier alpha value is -4.01. The number of ether oxygens (including phenoxy) is 2. The standard InChI is InChI=1S/C21H19N5O4/c1-12-4-6-14(7-5-12)19(27)16-17(20(28)30-3)22-21-23-24-25-26(21)18(16)13-8-10-15(29-2)11-9-13/h4-11,18H,1-3H3,(H,22,23,25)/t18-/m1/s1. The fraction of sp³-hybridized carbons (Fsp3) is 0.190. The number of esters is 1. The van der Waals surface area contributed by atoms with Crippen LogP contribution in [0, 0.1) is 6.92 Å². The summed E-state index contributed by atoms with van der Waals surface area (Å²) in [6.07, 6.45) is 0. The Morgan fingerprint density at radius 2 is 1.73 bits per heavy atom. The molecule has 2 aromatic carbocycles. The molecule has 0 aliphatic carbocycles. The number of aryl methyl sites for hydroxylation is 1. The van der Waals surface area contributed by atoms with Gasteiger partial charge >= 0.3 is 5.97 Å². The molecule has 0 radical (unpaired) electrons. The maximum absolute atomic E-state index is 13.6. The molecule has 152 valence electrons. The van der Waals surface area contributed by atoms with Crippen molar-refractivity contribution in [2.24, 2.45) is 0 Å². The zero-order valence-corrected chi connectivity index (χ0v) is 16.6. The second kappa shape index (κ2) is 7.78. The molecule has 1 atom stereocenters. The Kier molecular flexibility index (Phi) is 5.01. The molecule has 0 amide bonds. The van der Waals surface area contributed by atoms with Crippen molar-refractivity contribution in [3.8, 4) is 5.75 Å². The summed E-state index contributed by atoms with van der Waals surface area (Å²) in [7, 11) is 2.82. The molecular formula is C21H19N5O4. The van der Waals surface area contributed by atoms with Gasteiger partial charge in [0.05, 0.1) is 19.8 Å². The molecule has 9 nitrogen and oxygen atoms in total. The number of benzene rings is 2. The number of Topliss-reactive ketones (excluding diaryl/α,β-unsaturated/α-hetero) is 1. The number of nitrogens with one attached hydrogen (secondary N) is 1. The molecule has 9 heteroatoms. The van der Waals surface area contributed by atoms with Gasteiger partial charge in [-0.25, -0.2) is 4.79 Å². The normalized spacial score (nSPS) is 15.2. The van der Waals surface area contributed by atoms with Gasteiger partial charge in [-0.1, -0.05) is 47.1 Å². The Labute approximate surface area is 172 Å². The van der Waals surface area contributed by atoms with Gasteiger partial charge in [0.2, 0.25) is 5.95 Å². The van der Waals surface area contributed by atoms with Gasteiger partial charge in [0.1, 0.15) is 17.5 Å². The van der Waals surface area contributed by atoms with Gasteiger partial charge in [-0.3, -0.25) is 4.79 Å². The summed E-state index contributed by atoms with van der Waals surface area (Å²) in [5.41, 5.74) is 2.36. The highest BCUT2D eigenvalue weighted by molar-refractivity contribution is 6.14. The number of ketones is 1. The van der Waals surface area contributed by atoms with Crippen molar-refractivity contribution in [3.05, 3.63) is 76.5 Å². The highest BCUT2D eigenvalue weighted by atomic mass is 16.5. The monoisotopic (exact) mass is 405 g/mol. The van der Waals surface area contributed by atoms with E-state index in [4.69, 9.17) is 9.47 Å². The Bertz CT molecular complexity index is 1130. The molecule has 0 saturated carbocycles. The average Bonchev–Trinajstić information content (AvgIpc) is 3.26. The van der Waals surface area contributed by atoms with Crippen LogP contribution in [-0.2, 0) is 9.53 Å². The number of methoxy groups -OCH3 is 2. The number of anilines is 1. The zero-order chi connectivity index (χ0) is 21.3. The van der Waals surface area contributed by atoms with Gasteiger partial charge in [-0.15, -0.1) is 0 Å². The maximum atomic E-state index is 13.6. The number of allylic oxidation sites excluding steroid dienone is 1. The van der Waals surface area contributed by atoms with Crippen LogP contribution in [0.5, 0.6) is 5.75 Å². The summed E-state index contributed by atoms with van der Waals surface area (Å²) in [5, 5.41) is 14.5. The highest BCUT2D eigenvalue weighted by Crippen LogP contribution is 2.37. The SMILES string of the molecule is COC(=O)C1=C(C(=O)c2ccc(C)cc2)[C@@H](c2ccc(OC)cc2)n2nnnc2N1. The third kappa shape index (κ3) is 3.30. The van der Waals surface area contributed by atoms with E-state index in [-0.39, 0.29) is 23.0 Å². The van der Waals surface area contributed by atoms with Gasteiger partial charge in [-0.2, -0.15) is 4.68 Å². The van der Waals surface area contributed by atoms with Crippen molar-refractivity contribution < 1.29 is 19.1 Å². The van der Waals surface area contributed by atoms with E-state index in [1.54, 1.807) is 43.5 Å². The molecule has 1 aliphatic heterocycles. The van der Waals surface area contributed by atoms with Crippen molar-refractivity contribution in [1.82, 2.24) is 20.2 Å². The summed E-state index contributed by atoms with van der Waals surface area (Å²) < 4.78 is 11.6. The first kappa shape index (κ1) is 19.3. The molecule has 0 spiro atoms. The van der Waals surface area contributed by atoms with Crippen LogP contribution in [0.1, 0.15) is 27.5 Å². The molecule has 3 aromatic rings. The van der Waals surface area contributed by atoms with Crippen molar-refractivity contribution in [2.45, 2.75) is 13.0 Å². The fourth-order valence-electron chi connectivity index (χ4n) is 3.34. The number of fused-ring (bicyclic) bond motifs is 1. The van der Waals surface area contributed by atoms with Crippen LogP contribution >= 0.6 is 0 Å². The van der Waals surface area contributed by atoms with Crippen LogP contribution in [0.2, 0.25) is 0 Å². The molecule has 0 bridgehead atoms. The van der Waals surface area contributed by atoms with Crippen LogP contribution in [0.3, 0.4) is 0 Å². The molecule has 4 rings (SSSR count). The van der Waals surface area contributed by atoms with Gasteiger partial charge in [0.25, 0.3) is 0 Å². The van der Waals surface area contributed by atoms with Crippen molar-refractivity contribution in [2.75, 3.05) is 19.5 Å². The molecule has 1 N–H and O–H groups in total. The molecular weight excluding hydrogens is 386 g/mol. The zero-order valence-electron chi connectivity index (χ0n) is 16.6. The van der Waals surface area contributed by atoms with E-state index >= 15 is 0 Å². The van der Waals surface area contributed by atoms with E-state index in [0.717, 1.165) is 5.56 Å². The van der Waals surface area contributed by atoms with E-state index < -0.39 is 12.0 Å². The lowest BCUT2D eigenvalue weighted by atomic mass is 9.89. The smallest absolute Gasteiger partial charge is 0.355 e. The highest BCUT2D eigenvalue weighted by Gasteiger charge is 2.38. The van der Waals surface area contributed by atoms with Crippen LogP contribution in [0.25, 0.3) is 0 Å². The summed E-state index contributed by atoms with van der Waals surface area (Å²) in [4.78, 5) is 26.2. The first-order valence-corrected chi connectivity index (χ1v) is 9.16. The molecule has 2 heterocycles. The predicted molar refractivity (Wildman–Crippen MR) is 107 cm³/mol. The number of aromatic nitrogens is 4. The molecule has 1 aromatic heterocycles. The number of hydrogen-bond donors (Lipinski definition) is 1. The summed E-state index contributed by atoms with van der Waals surface area (Å²) in [6.45, 7) is 1.93. The van der Waals surface area contributed by atoms with Crippen LogP contribution in [0.4, 0.5) is 5.95 Å². The minimum Gasteiger partial charge on any atom is -0.497 e. The average molecular weight is 405 g/mol. The van der Waals surface area contributed by atoms with Crippen molar-refractivity contribution in [3.63, 3.8) is 0 Å². The third-order valence-corrected chi connectivity index (χ3v) is 4.90. The minimum absolute atomic E-state index is 0.00573. The van der Waals surface area contributed by atoms with Gasteiger partial charge < -0.3 is 14.8 Å². The Balaban J connectivity index is 1.92. The van der Waals surface area contributed by atoms with Gasteiger partial charge in [-0.05, 0) is 35.0 Å². The Morgan fingerprint density at radius 1 is 1.03 bits per heavy atom. The number of carbonyl (C=O) groups excluding carboxylic acids is 2. The second-order valence-electron chi connectivity index (χ2n) is 6.72. The first-order valence-electron chi connectivity index (χ1n) is 9.16. The molecule has 0 unspecified atom stereocenters. The number of rotatable bonds is 5. The lowest BCUT2D eigenvalue weighted by Gasteiger charge is -2.28. The number of tetrazole rings is 1. The van der Waals surface area contributed by atoms with Crippen LogP contribution < -0.4 is 10.1 Å². The second-order valence-corrected chi connectivity index (χ2v) is 6.72. The third-order valence-electron chi connectivity index (χ3n) is 4.90. The predicted octanol–water partition coefficient (Wildman–Crippen LogP) is 2.32. The summed E-state index contributed by atoms with van der Waals surface area (Å²) in [6, 6.07) is 13.5. The first-order chi connectivity index (χ1) is 14.5. The van der Waals surface area contributed by atoms with Crippen molar-refractivity contribution in [1.29, 1.82) is 0 Å². The van der Waals surface area contributed by atoms with Crippen LogP contribution in [-0.4, -0.2) is 46.2 Å². The molecule has 0 saturated heterocycles. The summed E-state index contributed by atoms with van der Waals surface area (Å²) >= 11 is 0. The number of carbonyl (C=O) groups is 2. The van der Waals surface area contributed by atoms with Gasteiger partial charge in [0.15, 0.2) is 5.78 Å². The Morgan fingerprint density at radius 3 is 2.37 bits per heavy atom. The van der Waals surface area contributed by atoms with E-state index in [1.807, 2.05) is 19.1 Å². The number of hydrogen-bond acceptors (Lipinski definition) is 8. The minimum atomic E-state index is -0.731. The van der Waals surface area contributed by atoms with Crippen molar-refractivity contribution >= 4 is 17.7 Å². The molecule has 30 heavy (non-hydrogen) atoms. The van der Waals surface area contributed by atoms with E-state index in [9.17, 15) is 9.59 Å². The lowest BCUT2D eigenvalue weighted by Crippen LogP contribution is -2.32. The largest absolute Gasteiger partial charge is 0.497 e. The van der Waals surface area contributed by atoms with E-state index in [1.165, 1.54) is 11.8 Å². The topological polar surface area (TPSA) is 108 Å². The number of nitrogens with zero attached hydrogens (tertiary/aromatic N) is 4. The van der Waals surface area contributed by atoms with E-state index in [0.29, 0.717) is 16.9 Å². The van der Waals surface area contributed by atoms with Crippen LogP contribution in [0.15, 0.2) is 59.8 Å². The molecule has 0 fully saturated rings.